The number of rotatable bonds is 12. The van der Waals surface area contributed by atoms with E-state index >= 15 is 0 Å². The fourth-order valence-corrected chi connectivity index (χ4v) is 6.61. The molecule has 0 aliphatic heterocycles. The zero-order valence-electron chi connectivity index (χ0n) is 25.7. The summed E-state index contributed by atoms with van der Waals surface area (Å²) in [7, 11) is -4.25. The number of anilines is 1. The minimum absolute atomic E-state index is 0.0100. The number of amides is 2. The largest absolute Gasteiger partial charge is 0.352 e. The van der Waals surface area contributed by atoms with E-state index in [-0.39, 0.29) is 45.5 Å². The minimum atomic E-state index is -4.25. The maximum absolute atomic E-state index is 14.5. The zero-order valence-corrected chi connectivity index (χ0v) is 28.0. The first-order chi connectivity index (χ1) is 21.4. The third-order valence-corrected chi connectivity index (χ3v) is 9.91. The van der Waals surface area contributed by atoms with Gasteiger partial charge in [0.15, 0.2) is 0 Å². The summed E-state index contributed by atoms with van der Waals surface area (Å²) < 4.78 is 29.3. The van der Waals surface area contributed by atoms with Crippen LogP contribution in [0.2, 0.25) is 10.0 Å². The van der Waals surface area contributed by atoms with Gasteiger partial charge in [0, 0.05) is 19.0 Å². The molecule has 0 aliphatic carbocycles. The van der Waals surface area contributed by atoms with Crippen molar-refractivity contribution < 1.29 is 18.0 Å². The highest BCUT2D eigenvalue weighted by Crippen LogP contribution is 2.31. The van der Waals surface area contributed by atoms with Gasteiger partial charge < -0.3 is 10.2 Å². The van der Waals surface area contributed by atoms with Crippen LogP contribution in [0.3, 0.4) is 0 Å². The molecular formula is C35H37Cl2N3O4S. The summed E-state index contributed by atoms with van der Waals surface area (Å²) in [4.78, 5) is 29.8. The number of nitrogens with zero attached hydrogens (tertiary/aromatic N) is 2. The lowest BCUT2D eigenvalue weighted by Crippen LogP contribution is -2.54. The van der Waals surface area contributed by atoms with Gasteiger partial charge in [-0.1, -0.05) is 95.5 Å². The van der Waals surface area contributed by atoms with Crippen LogP contribution in [0, 0.1) is 13.8 Å². The number of hydrogen-bond donors (Lipinski definition) is 1. The van der Waals surface area contributed by atoms with Crippen molar-refractivity contribution in [2.24, 2.45) is 0 Å². The quantitative estimate of drug-likeness (QED) is 0.177. The second kappa shape index (κ2) is 15.0. The van der Waals surface area contributed by atoms with Crippen LogP contribution in [0.15, 0.2) is 102 Å². The lowest BCUT2D eigenvalue weighted by molar-refractivity contribution is -0.140. The van der Waals surface area contributed by atoms with Crippen molar-refractivity contribution in [1.29, 1.82) is 0 Å². The van der Waals surface area contributed by atoms with Crippen LogP contribution in [0.1, 0.15) is 36.1 Å². The van der Waals surface area contributed by atoms with Gasteiger partial charge in [0.05, 0.1) is 20.6 Å². The fourth-order valence-electron chi connectivity index (χ4n) is 4.91. The van der Waals surface area contributed by atoms with Crippen LogP contribution < -0.4 is 9.62 Å². The highest BCUT2D eigenvalue weighted by molar-refractivity contribution is 7.92. The van der Waals surface area contributed by atoms with Gasteiger partial charge in [-0.2, -0.15) is 0 Å². The molecule has 4 aromatic carbocycles. The number of carbonyl (C=O) groups is 2. The smallest absolute Gasteiger partial charge is 0.264 e. The van der Waals surface area contributed by atoms with Crippen LogP contribution in [0.25, 0.3) is 0 Å². The first-order valence-corrected chi connectivity index (χ1v) is 16.8. The highest BCUT2D eigenvalue weighted by Gasteiger charge is 2.35. The van der Waals surface area contributed by atoms with Crippen molar-refractivity contribution in [3.8, 4) is 0 Å². The van der Waals surface area contributed by atoms with E-state index in [2.05, 4.69) is 5.32 Å². The SMILES string of the molecule is Cc1ccc(S(=O)(=O)N(CC(=O)N(Cc2ccccc2C)C(Cc2ccccc2)C(=O)NC(C)C)c2ccc(Cl)c(Cl)c2)cc1. The topological polar surface area (TPSA) is 86.8 Å². The summed E-state index contributed by atoms with van der Waals surface area (Å²) in [5, 5.41) is 3.35. The predicted octanol–water partition coefficient (Wildman–Crippen LogP) is 6.97. The van der Waals surface area contributed by atoms with Gasteiger partial charge in [0.1, 0.15) is 12.6 Å². The average molecular weight is 667 g/mol. The van der Waals surface area contributed by atoms with Gasteiger partial charge in [-0.15, -0.1) is 0 Å². The summed E-state index contributed by atoms with van der Waals surface area (Å²) in [5.41, 5.74) is 3.68. The van der Waals surface area contributed by atoms with Gasteiger partial charge in [-0.05, 0) is 74.7 Å². The number of nitrogens with one attached hydrogen (secondary N) is 1. The molecule has 1 N–H and O–H groups in total. The van der Waals surface area contributed by atoms with E-state index < -0.39 is 28.5 Å². The van der Waals surface area contributed by atoms with E-state index in [0.717, 1.165) is 26.6 Å². The summed E-state index contributed by atoms with van der Waals surface area (Å²) >= 11 is 12.5. The summed E-state index contributed by atoms with van der Waals surface area (Å²) in [6, 6.07) is 26.7. The molecule has 0 heterocycles. The molecule has 0 radical (unpaired) electrons. The Morgan fingerprint density at radius 2 is 1.47 bits per heavy atom. The van der Waals surface area contributed by atoms with Crippen LogP contribution in [0.5, 0.6) is 0 Å². The molecule has 7 nitrogen and oxygen atoms in total. The van der Waals surface area contributed by atoms with Gasteiger partial charge in [-0.3, -0.25) is 13.9 Å². The Bertz CT molecular complexity index is 1750. The van der Waals surface area contributed by atoms with Crippen LogP contribution in [-0.4, -0.2) is 43.8 Å². The van der Waals surface area contributed by atoms with E-state index in [9.17, 15) is 18.0 Å². The fraction of sp³-hybridized carbons (Fsp3) is 0.257. The highest BCUT2D eigenvalue weighted by atomic mass is 35.5. The molecule has 0 bridgehead atoms. The lowest BCUT2D eigenvalue weighted by atomic mass is 10.0. The predicted molar refractivity (Wildman–Crippen MR) is 181 cm³/mol. The number of hydrogen-bond acceptors (Lipinski definition) is 4. The molecule has 0 saturated carbocycles. The molecule has 1 atom stereocenters. The van der Waals surface area contributed by atoms with Gasteiger partial charge in [0.2, 0.25) is 11.8 Å². The summed E-state index contributed by atoms with van der Waals surface area (Å²) in [6.07, 6.45) is 0.231. The van der Waals surface area contributed by atoms with Crippen LogP contribution in [-0.2, 0) is 32.6 Å². The van der Waals surface area contributed by atoms with Crippen LogP contribution in [0.4, 0.5) is 5.69 Å². The number of carbonyl (C=O) groups excluding carboxylic acids is 2. The molecule has 0 aromatic heterocycles. The minimum Gasteiger partial charge on any atom is -0.352 e. The van der Waals surface area contributed by atoms with Gasteiger partial charge in [-0.25, -0.2) is 8.42 Å². The van der Waals surface area contributed by atoms with E-state index in [1.807, 2.05) is 82.3 Å². The van der Waals surface area contributed by atoms with Crippen molar-refractivity contribution in [3.05, 3.63) is 129 Å². The molecule has 2 amide bonds. The second-order valence-electron chi connectivity index (χ2n) is 11.2. The summed E-state index contributed by atoms with van der Waals surface area (Å²) in [5.74, 6) is -0.891. The Hall–Kier alpha value is -3.85. The van der Waals surface area contributed by atoms with Gasteiger partial charge in [0.25, 0.3) is 10.0 Å². The molecule has 0 aliphatic rings. The van der Waals surface area contributed by atoms with Crippen molar-refractivity contribution in [2.45, 2.75) is 57.6 Å². The molecule has 45 heavy (non-hydrogen) atoms. The number of sulfonamides is 1. The molecule has 4 rings (SSSR count). The van der Waals surface area contributed by atoms with Gasteiger partial charge >= 0.3 is 0 Å². The molecular weight excluding hydrogens is 629 g/mol. The first-order valence-electron chi connectivity index (χ1n) is 14.6. The summed E-state index contributed by atoms with van der Waals surface area (Å²) in [6.45, 7) is 7.00. The Labute approximate surface area is 275 Å². The Balaban J connectivity index is 1.83. The van der Waals surface area contributed by atoms with Crippen molar-refractivity contribution in [1.82, 2.24) is 10.2 Å². The third-order valence-electron chi connectivity index (χ3n) is 7.38. The van der Waals surface area contributed by atoms with E-state index in [1.54, 1.807) is 12.1 Å². The zero-order chi connectivity index (χ0) is 32.7. The molecule has 0 spiro atoms. The average Bonchev–Trinajstić information content (AvgIpc) is 3.00. The Kier molecular flexibility index (Phi) is 11.3. The lowest BCUT2D eigenvalue weighted by Gasteiger charge is -2.34. The number of aryl methyl sites for hydroxylation is 2. The normalized spacial score (nSPS) is 12.1. The number of halogens is 2. The van der Waals surface area contributed by atoms with Crippen molar-refractivity contribution in [3.63, 3.8) is 0 Å². The monoisotopic (exact) mass is 665 g/mol. The maximum atomic E-state index is 14.5. The standard InChI is InChI=1S/C35H37Cl2N3O4S/c1-24(2)38-35(42)33(20-27-11-6-5-7-12-27)39(22-28-13-9-8-10-26(28)4)34(41)23-40(29-16-19-31(36)32(37)21-29)45(43,44)30-17-14-25(3)15-18-30/h5-19,21,24,33H,20,22-23H2,1-4H3,(H,38,42). The maximum Gasteiger partial charge on any atom is 0.264 e. The van der Waals surface area contributed by atoms with E-state index in [0.29, 0.717) is 0 Å². The molecule has 1 unspecified atom stereocenters. The molecule has 236 valence electrons. The Morgan fingerprint density at radius 3 is 2.09 bits per heavy atom. The van der Waals surface area contributed by atoms with E-state index in [4.69, 9.17) is 23.2 Å². The third kappa shape index (κ3) is 8.66. The molecule has 10 heteroatoms. The van der Waals surface area contributed by atoms with Crippen molar-refractivity contribution in [2.75, 3.05) is 10.8 Å². The molecule has 4 aromatic rings. The first kappa shape index (κ1) is 34.0. The Morgan fingerprint density at radius 1 is 0.822 bits per heavy atom. The second-order valence-corrected chi connectivity index (χ2v) is 13.9. The van der Waals surface area contributed by atoms with Crippen molar-refractivity contribution >= 4 is 50.7 Å². The van der Waals surface area contributed by atoms with Crippen LogP contribution >= 0.6 is 23.2 Å². The number of benzene rings is 4. The molecule has 0 saturated heterocycles. The molecule has 0 fully saturated rings. The van der Waals surface area contributed by atoms with E-state index in [1.165, 1.54) is 35.2 Å².